The van der Waals surface area contributed by atoms with Gasteiger partial charge in [-0.2, -0.15) is 4.98 Å². The molecule has 1 aliphatic heterocycles. The van der Waals surface area contributed by atoms with Crippen molar-refractivity contribution in [2.45, 2.75) is 0 Å². The summed E-state index contributed by atoms with van der Waals surface area (Å²) < 4.78 is 0. The number of rotatable bonds is 2. The van der Waals surface area contributed by atoms with Gasteiger partial charge in [0, 0.05) is 49.4 Å². The number of para-hydroxylation sites is 1. The molecular weight excluding hydrogens is 288 g/mol. The van der Waals surface area contributed by atoms with Crippen molar-refractivity contribution < 1.29 is 0 Å². The molecule has 6 nitrogen and oxygen atoms in total. The van der Waals surface area contributed by atoms with Gasteiger partial charge in [0.15, 0.2) is 0 Å². The number of nitrogens with one attached hydrogen (secondary N) is 1. The number of nitrogens with zero attached hydrogens (tertiary/aromatic N) is 4. The van der Waals surface area contributed by atoms with Gasteiger partial charge in [-0.25, -0.2) is 4.98 Å². The highest BCUT2D eigenvalue weighted by atomic mass is 15.3. The van der Waals surface area contributed by atoms with Crippen molar-refractivity contribution in [1.29, 1.82) is 0 Å². The zero-order valence-electron chi connectivity index (χ0n) is 12.7. The topological polar surface area (TPSA) is 80.0 Å². The van der Waals surface area contributed by atoms with Gasteiger partial charge in [-0.15, -0.1) is 0 Å². The maximum atomic E-state index is 6.00. The zero-order valence-corrected chi connectivity index (χ0v) is 12.7. The van der Waals surface area contributed by atoms with Crippen molar-refractivity contribution >= 4 is 22.7 Å². The Balaban J connectivity index is 1.76. The predicted octanol–water partition coefficient (Wildman–Crippen LogP) is 1.68. The van der Waals surface area contributed by atoms with Crippen LogP contribution in [0.4, 0.5) is 11.8 Å². The van der Waals surface area contributed by atoms with E-state index in [0.717, 1.165) is 48.3 Å². The van der Waals surface area contributed by atoms with Crippen LogP contribution >= 0.6 is 0 Å². The summed E-state index contributed by atoms with van der Waals surface area (Å²) in [7, 11) is 0. The number of pyridine rings is 1. The molecule has 1 aromatic carbocycles. The molecule has 0 bridgehead atoms. The van der Waals surface area contributed by atoms with Crippen LogP contribution in [0.2, 0.25) is 0 Å². The summed E-state index contributed by atoms with van der Waals surface area (Å²) in [5.41, 5.74) is 8.74. The quantitative estimate of drug-likeness (QED) is 0.750. The molecule has 23 heavy (non-hydrogen) atoms. The van der Waals surface area contributed by atoms with E-state index in [1.54, 1.807) is 6.07 Å². The third-order valence-corrected chi connectivity index (χ3v) is 4.02. The van der Waals surface area contributed by atoms with Gasteiger partial charge in [0.05, 0.1) is 11.2 Å². The lowest BCUT2D eigenvalue weighted by Gasteiger charge is -2.27. The summed E-state index contributed by atoms with van der Waals surface area (Å²) >= 11 is 0. The van der Waals surface area contributed by atoms with Gasteiger partial charge in [-0.1, -0.05) is 18.2 Å². The molecule has 0 atom stereocenters. The van der Waals surface area contributed by atoms with Crippen LogP contribution < -0.4 is 16.0 Å². The Morgan fingerprint density at radius 2 is 1.87 bits per heavy atom. The fraction of sp³-hybridized carbons (Fsp3) is 0.235. The molecule has 1 aliphatic rings. The van der Waals surface area contributed by atoms with Crippen LogP contribution in [0.1, 0.15) is 0 Å². The van der Waals surface area contributed by atoms with E-state index in [0.29, 0.717) is 11.8 Å². The standard InChI is InChI=1S/C17H18N6/c18-16-10-15(21-17(22-16)23-7-5-19-6-8-23)13-9-12-3-1-2-4-14(12)20-11-13/h1-4,9-11,19H,5-8H2,(H2,18,21,22). The lowest BCUT2D eigenvalue weighted by atomic mass is 10.1. The van der Waals surface area contributed by atoms with Gasteiger partial charge < -0.3 is 16.0 Å². The first kappa shape index (κ1) is 13.9. The molecule has 2 aromatic heterocycles. The molecule has 0 saturated carbocycles. The molecule has 4 rings (SSSR count). The van der Waals surface area contributed by atoms with E-state index in [-0.39, 0.29) is 0 Å². The molecule has 0 radical (unpaired) electrons. The number of nitrogens with two attached hydrogens (primary N) is 1. The molecular formula is C17H18N6. The fourth-order valence-corrected chi connectivity index (χ4v) is 2.82. The van der Waals surface area contributed by atoms with E-state index in [9.17, 15) is 0 Å². The molecule has 0 unspecified atom stereocenters. The molecule has 116 valence electrons. The van der Waals surface area contributed by atoms with Gasteiger partial charge in [0.2, 0.25) is 5.95 Å². The second kappa shape index (κ2) is 5.81. The zero-order chi connectivity index (χ0) is 15.6. The Bertz CT molecular complexity index is 841. The third-order valence-electron chi connectivity index (χ3n) is 4.02. The minimum Gasteiger partial charge on any atom is -0.384 e. The first-order valence-electron chi connectivity index (χ1n) is 7.75. The molecule has 1 saturated heterocycles. The van der Waals surface area contributed by atoms with Crippen LogP contribution in [0.15, 0.2) is 42.6 Å². The van der Waals surface area contributed by atoms with Crippen LogP contribution in [0.25, 0.3) is 22.2 Å². The number of hydrogen-bond donors (Lipinski definition) is 2. The van der Waals surface area contributed by atoms with Gasteiger partial charge in [-0.3, -0.25) is 4.98 Å². The maximum absolute atomic E-state index is 6.00. The highest BCUT2D eigenvalue weighted by Gasteiger charge is 2.15. The van der Waals surface area contributed by atoms with E-state index < -0.39 is 0 Å². The second-order valence-electron chi connectivity index (χ2n) is 5.63. The molecule has 3 N–H and O–H groups in total. The van der Waals surface area contributed by atoms with E-state index >= 15 is 0 Å². The van der Waals surface area contributed by atoms with Crippen LogP contribution in [0.3, 0.4) is 0 Å². The predicted molar refractivity (Wildman–Crippen MR) is 92.3 cm³/mol. The molecule has 0 aliphatic carbocycles. The lowest BCUT2D eigenvalue weighted by Crippen LogP contribution is -2.44. The Labute approximate surface area is 134 Å². The van der Waals surface area contributed by atoms with Crippen molar-refractivity contribution in [2.24, 2.45) is 0 Å². The lowest BCUT2D eigenvalue weighted by molar-refractivity contribution is 0.580. The van der Waals surface area contributed by atoms with Gasteiger partial charge in [-0.05, 0) is 12.1 Å². The van der Waals surface area contributed by atoms with E-state index in [1.165, 1.54) is 0 Å². The minimum absolute atomic E-state index is 0.483. The number of benzene rings is 1. The van der Waals surface area contributed by atoms with Gasteiger partial charge >= 0.3 is 0 Å². The van der Waals surface area contributed by atoms with Crippen LogP contribution in [0.5, 0.6) is 0 Å². The molecule has 0 spiro atoms. The molecule has 3 heterocycles. The first-order chi connectivity index (χ1) is 11.3. The summed E-state index contributed by atoms with van der Waals surface area (Å²) in [6, 6.07) is 11.9. The molecule has 6 heteroatoms. The van der Waals surface area contributed by atoms with Crippen LogP contribution in [-0.4, -0.2) is 41.1 Å². The smallest absolute Gasteiger partial charge is 0.227 e. The Morgan fingerprint density at radius 3 is 2.74 bits per heavy atom. The Morgan fingerprint density at radius 1 is 1.04 bits per heavy atom. The van der Waals surface area contributed by atoms with Crippen molar-refractivity contribution in [3.8, 4) is 11.3 Å². The minimum atomic E-state index is 0.483. The average Bonchev–Trinajstić information content (AvgIpc) is 2.61. The number of nitrogen functional groups attached to an aromatic ring is 1. The van der Waals surface area contributed by atoms with Crippen LogP contribution in [0, 0.1) is 0 Å². The van der Waals surface area contributed by atoms with E-state index in [2.05, 4.69) is 26.3 Å². The molecule has 3 aromatic rings. The van der Waals surface area contributed by atoms with Crippen molar-refractivity contribution in [3.05, 3.63) is 42.6 Å². The summed E-state index contributed by atoms with van der Waals surface area (Å²) in [6.45, 7) is 3.65. The number of anilines is 2. The van der Waals surface area contributed by atoms with Crippen molar-refractivity contribution in [3.63, 3.8) is 0 Å². The Hall–Kier alpha value is -2.73. The molecule has 0 amide bonds. The highest BCUT2D eigenvalue weighted by molar-refractivity contribution is 5.83. The monoisotopic (exact) mass is 306 g/mol. The summed E-state index contributed by atoms with van der Waals surface area (Å²) in [6.07, 6.45) is 1.84. The third kappa shape index (κ3) is 2.80. The number of piperazine rings is 1. The maximum Gasteiger partial charge on any atom is 0.227 e. The second-order valence-corrected chi connectivity index (χ2v) is 5.63. The van der Waals surface area contributed by atoms with Gasteiger partial charge in [0.1, 0.15) is 5.82 Å². The molecule has 1 fully saturated rings. The number of hydrogen-bond acceptors (Lipinski definition) is 6. The summed E-state index contributed by atoms with van der Waals surface area (Å²) in [5, 5.41) is 4.42. The van der Waals surface area contributed by atoms with Gasteiger partial charge in [0.25, 0.3) is 0 Å². The van der Waals surface area contributed by atoms with E-state index in [4.69, 9.17) is 10.7 Å². The van der Waals surface area contributed by atoms with Crippen molar-refractivity contribution in [1.82, 2.24) is 20.3 Å². The highest BCUT2D eigenvalue weighted by Crippen LogP contribution is 2.24. The fourth-order valence-electron chi connectivity index (χ4n) is 2.82. The Kier molecular flexibility index (Phi) is 3.51. The van der Waals surface area contributed by atoms with Crippen molar-refractivity contribution in [2.75, 3.05) is 36.8 Å². The first-order valence-corrected chi connectivity index (χ1v) is 7.75. The largest absolute Gasteiger partial charge is 0.384 e. The normalized spacial score (nSPS) is 15.0. The SMILES string of the molecule is Nc1cc(-c2cnc3ccccc3c2)nc(N2CCNCC2)n1. The van der Waals surface area contributed by atoms with E-state index in [1.807, 2.05) is 30.5 Å². The number of aromatic nitrogens is 3. The summed E-state index contributed by atoms with van der Waals surface area (Å²) in [5.74, 6) is 1.17. The summed E-state index contributed by atoms with van der Waals surface area (Å²) in [4.78, 5) is 15.8. The number of fused-ring (bicyclic) bond motifs is 1. The van der Waals surface area contributed by atoms with Crippen LogP contribution in [-0.2, 0) is 0 Å². The average molecular weight is 306 g/mol.